The molecule has 0 spiro atoms. The first-order valence-corrected chi connectivity index (χ1v) is 9.59. The van der Waals surface area contributed by atoms with Gasteiger partial charge in [0.05, 0.1) is 23.3 Å². The molecule has 0 aliphatic carbocycles. The molecule has 0 saturated carbocycles. The minimum atomic E-state index is -1.24. The third-order valence-corrected chi connectivity index (χ3v) is 5.17. The van der Waals surface area contributed by atoms with E-state index in [2.05, 4.69) is 10.3 Å². The fraction of sp³-hybridized carbons (Fsp3) is 0.150. The number of thiazole rings is 1. The third-order valence-electron chi connectivity index (χ3n) is 4.07. The number of ketones is 1. The monoisotopic (exact) mass is 427 g/mol. The maximum atomic E-state index is 12.5. The van der Waals surface area contributed by atoms with E-state index in [0.717, 1.165) is 4.70 Å². The van der Waals surface area contributed by atoms with Crippen LogP contribution in [0.15, 0.2) is 48.5 Å². The number of esters is 1. The second kappa shape index (κ2) is 9.25. The zero-order valence-corrected chi connectivity index (χ0v) is 16.3. The number of rotatable bonds is 9. The van der Waals surface area contributed by atoms with E-state index in [1.54, 1.807) is 12.1 Å². The van der Waals surface area contributed by atoms with Gasteiger partial charge in [-0.1, -0.05) is 24.3 Å². The molecule has 1 amide bonds. The molecule has 0 fully saturated rings. The number of carbonyl (C=O) groups excluding carboxylic acids is 3. The molecule has 0 aliphatic heterocycles. The van der Waals surface area contributed by atoms with Crippen molar-refractivity contribution in [3.8, 4) is 5.75 Å². The summed E-state index contributed by atoms with van der Waals surface area (Å²) in [6, 6.07) is 12.9. The predicted octanol–water partition coefficient (Wildman–Crippen LogP) is 1.33. The summed E-state index contributed by atoms with van der Waals surface area (Å²) in [6.45, 7) is -0.690. The summed E-state index contributed by atoms with van der Waals surface area (Å²) in [5.74, 6) is -4.74. The van der Waals surface area contributed by atoms with Gasteiger partial charge in [-0.3, -0.25) is 14.4 Å². The van der Waals surface area contributed by atoms with Crippen LogP contribution in [0.5, 0.6) is 5.75 Å². The number of nitrogens with zero attached hydrogens (tertiary/aromatic N) is 1. The van der Waals surface area contributed by atoms with Crippen molar-refractivity contribution in [3.05, 3.63) is 59.1 Å². The van der Waals surface area contributed by atoms with Crippen molar-refractivity contribution >= 4 is 45.2 Å². The van der Waals surface area contributed by atoms with Crippen LogP contribution in [0.25, 0.3) is 10.2 Å². The molecule has 1 heterocycles. The number of carboxylic acid groups (broad SMARTS) is 1. The molecule has 2 aromatic carbocycles. The number of ether oxygens (including phenoxy) is 1. The van der Waals surface area contributed by atoms with Gasteiger partial charge in [0, 0.05) is 0 Å². The second-order valence-electron chi connectivity index (χ2n) is 6.20. The number of aromatic nitrogens is 1. The van der Waals surface area contributed by atoms with Crippen LogP contribution in [0.4, 0.5) is 0 Å². The largest absolute Gasteiger partial charge is 0.478 e. The molecule has 3 rings (SSSR count). The number of fused-ring (bicyclic) bond motifs is 1. The molecule has 3 aromatic rings. The van der Waals surface area contributed by atoms with Crippen LogP contribution in [0.1, 0.15) is 21.3 Å². The zero-order valence-electron chi connectivity index (χ0n) is 15.5. The van der Waals surface area contributed by atoms with Gasteiger partial charge in [-0.05, 0) is 24.3 Å². The Morgan fingerprint density at radius 1 is 1.07 bits per heavy atom. The molecule has 10 heteroatoms. The van der Waals surface area contributed by atoms with Crippen molar-refractivity contribution in [1.29, 1.82) is 0 Å². The fourth-order valence-corrected chi connectivity index (χ4v) is 3.81. The van der Waals surface area contributed by atoms with Crippen LogP contribution in [0.2, 0.25) is 0 Å². The molecule has 30 heavy (non-hydrogen) atoms. The number of carboxylic acids is 1. The number of hydrogen-bond donors (Lipinski definition) is 3. The minimum absolute atomic E-state index is 0.104. The topological polar surface area (TPSA) is 149 Å². The maximum absolute atomic E-state index is 12.5. The number of hydrogen-bond acceptors (Lipinski definition) is 8. The number of carbonyl (C=O) groups is 4. The van der Waals surface area contributed by atoms with E-state index in [4.69, 9.17) is 15.6 Å². The highest BCUT2D eigenvalue weighted by molar-refractivity contribution is 7.18. The standard InChI is InChI=1S/C20H17N3O6S/c21-18(26)17(19-23-12-6-2-4-8-15(12)30-19)13(24)9-22-10-16(25)29-14-7-3-1-5-11(14)20(27)28/h1-8,17,22H,9-10H2,(H2,21,26)(H,27,28). The fourth-order valence-electron chi connectivity index (χ4n) is 2.71. The lowest BCUT2D eigenvalue weighted by Crippen LogP contribution is -2.37. The summed E-state index contributed by atoms with van der Waals surface area (Å²) in [7, 11) is 0. The highest BCUT2D eigenvalue weighted by Crippen LogP contribution is 2.28. The van der Waals surface area contributed by atoms with Crippen molar-refractivity contribution in [3.63, 3.8) is 0 Å². The Balaban J connectivity index is 1.60. The van der Waals surface area contributed by atoms with Gasteiger partial charge in [0.25, 0.3) is 0 Å². The Morgan fingerprint density at radius 2 is 1.77 bits per heavy atom. The lowest BCUT2D eigenvalue weighted by molar-refractivity contribution is -0.133. The summed E-state index contributed by atoms with van der Waals surface area (Å²) in [4.78, 5) is 51.8. The summed E-state index contributed by atoms with van der Waals surface area (Å²) in [5, 5.41) is 12.0. The molecule has 0 bridgehead atoms. The number of nitrogens with one attached hydrogen (secondary N) is 1. The van der Waals surface area contributed by atoms with Crippen LogP contribution >= 0.6 is 11.3 Å². The van der Waals surface area contributed by atoms with Gasteiger partial charge in [0.15, 0.2) is 5.78 Å². The molecule has 1 unspecified atom stereocenters. The van der Waals surface area contributed by atoms with Crippen LogP contribution in [0, 0.1) is 0 Å². The number of amides is 1. The van der Waals surface area contributed by atoms with Gasteiger partial charge in [-0.25, -0.2) is 9.78 Å². The van der Waals surface area contributed by atoms with Gasteiger partial charge in [-0.2, -0.15) is 0 Å². The van der Waals surface area contributed by atoms with E-state index in [9.17, 15) is 19.2 Å². The van der Waals surface area contributed by atoms with Gasteiger partial charge < -0.3 is 20.9 Å². The van der Waals surface area contributed by atoms with Crippen LogP contribution in [-0.4, -0.2) is 46.8 Å². The van der Waals surface area contributed by atoms with Crippen molar-refractivity contribution in [2.24, 2.45) is 5.73 Å². The molecule has 1 aromatic heterocycles. The number of benzene rings is 2. The van der Waals surface area contributed by atoms with Crippen LogP contribution in [-0.2, 0) is 14.4 Å². The van der Waals surface area contributed by atoms with E-state index < -0.39 is 29.5 Å². The van der Waals surface area contributed by atoms with E-state index in [1.165, 1.54) is 35.6 Å². The smallest absolute Gasteiger partial charge is 0.339 e. The van der Waals surface area contributed by atoms with E-state index in [0.29, 0.717) is 5.52 Å². The molecule has 0 saturated heterocycles. The highest BCUT2D eigenvalue weighted by Gasteiger charge is 2.29. The van der Waals surface area contributed by atoms with Crippen molar-refractivity contribution in [1.82, 2.24) is 10.3 Å². The number of para-hydroxylation sites is 2. The van der Waals surface area contributed by atoms with Gasteiger partial charge in [0.2, 0.25) is 5.91 Å². The Morgan fingerprint density at radius 3 is 2.47 bits per heavy atom. The summed E-state index contributed by atoms with van der Waals surface area (Å²) < 4.78 is 5.85. The quantitative estimate of drug-likeness (QED) is 0.263. The maximum Gasteiger partial charge on any atom is 0.339 e. The van der Waals surface area contributed by atoms with Crippen molar-refractivity contribution in [2.45, 2.75) is 5.92 Å². The number of nitrogens with two attached hydrogens (primary N) is 1. The number of primary amides is 1. The summed E-state index contributed by atoms with van der Waals surface area (Å²) in [5.41, 5.74) is 5.90. The zero-order chi connectivity index (χ0) is 21.7. The van der Waals surface area contributed by atoms with Gasteiger partial charge >= 0.3 is 11.9 Å². The third kappa shape index (κ3) is 4.85. The molecule has 4 N–H and O–H groups in total. The Hall–Kier alpha value is -3.63. The Kier molecular flexibility index (Phi) is 6.50. The number of Topliss-reactive ketones (excluding diaryl/α,β-unsaturated/α-hetero) is 1. The Labute approximate surface area is 174 Å². The van der Waals surface area contributed by atoms with Crippen molar-refractivity contribution < 1.29 is 29.0 Å². The van der Waals surface area contributed by atoms with E-state index in [-0.39, 0.29) is 29.4 Å². The predicted molar refractivity (Wildman–Crippen MR) is 108 cm³/mol. The molecule has 0 radical (unpaired) electrons. The average molecular weight is 427 g/mol. The van der Waals surface area contributed by atoms with Gasteiger partial charge in [-0.15, -0.1) is 11.3 Å². The normalized spacial score (nSPS) is 11.7. The highest BCUT2D eigenvalue weighted by atomic mass is 32.1. The first-order chi connectivity index (χ1) is 14.4. The Bertz CT molecular complexity index is 1090. The first-order valence-electron chi connectivity index (χ1n) is 8.78. The van der Waals surface area contributed by atoms with Crippen molar-refractivity contribution in [2.75, 3.05) is 13.1 Å². The number of aromatic carboxylic acids is 1. The summed E-state index contributed by atoms with van der Waals surface area (Å²) in [6.07, 6.45) is 0. The SMILES string of the molecule is NC(=O)C(C(=O)CNCC(=O)Oc1ccccc1C(=O)O)c1nc2ccccc2s1. The molecular formula is C20H17N3O6S. The second-order valence-corrected chi connectivity index (χ2v) is 7.26. The van der Waals surface area contributed by atoms with Crippen LogP contribution < -0.4 is 15.8 Å². The molecule has 0 aliphatic rings. The summed E-state index contributed by atoms with van der Waals surface area (Å²) >= 11 is 1.20. The van der Waals surface area contributed by atoms with E-state index in [1.807, 2.05) is 12.1 Å². The molecular weight excluding hydrogens is 410 g/mol. The average Bonchev–Trinajstić information content (AvgIpc) is 3.11. The van der Waals surface area contributed by atoms with Gasteiger partial charge in [0.1, 0.15) is 22.2 Å². The lowest BCUT2D eigenvalue weighted by Gasteiger charge is -2.11. The molecule has 1 atom stereocenters. The molecule has 9 nitrogen and oxygen atoms in total. The lowest BCUT2D eigenvalue weighted by atomic mass is 10.0. The first kappa shape index (κ1) is 21.1. The van der Waals surface area contributed by atoms with E-state index >= 15 is 0 Å². The molecule has 154 valence electrons. The van der Waals surface area contributed by atoms with Crippen LogP contribution in [0.3, 0.4) is 0 Å². The minimum Gasteiger partial charge on any atom is -0.478 e.